The zero-order valence-electron chi connectivity index (χ0n) is 11.7. The van der Waals surface area contributed by atoms with Crippen molar-refractivity contribution in [3.05, 3.63) is 23.8 Å². The van der Waals surface area contributed by atoms with Crippen molar-refractivity contribution in [3.8, 4) is 11.5 Å². The minimum atomic E-state index is -0.196. The first kappa shape index (κ1) is 15.3. The molecule has 0 radical (unpaired) electrons. The maximum absolute atomic E-state index is 12.2. The van der Waals surface area contributed by atoms with E-state index in [2.05, 4.69) is 5.32 Å². The summed E-state index contributed by atoms with van der Waals surface area (Å²) < 4.78 is 10.4. The van der Waals surface area contributed by atoms with Gasteiger partial charge in [-0.2, -0.15) is 0 Å². The summed E-state index contributed by atoms with van der Waals surface area (Å²) in [7, 11) is 3.06. The molecule has 3 N–H and O–H groups in total. The molecule has 1 amide bonds. The van der Waals surface area contributed by atoms with Gasteiger partial charge in [0.15, 0.2) is 0 Å². The first-order valence-corrected chi connectivity index (χ1v) is 6.33. The molecule has 0 saturated carbocycles. The number of hydrogen-bond acceptors (Lipinski definition) is 4. The number of nitrogens with one attached hydrogen (secondary N) is 1. The molecule has 1 rings (SSSR count). The molecule has 5 heteroatoms. The van der Waals surface area contributed by atoms with Crippen LogP contribution in [0.2, 0.25) is 0 Å². The van der Waals surface area contributed by atoms with E-state index in [-0.39, 0.29) is 5.91 Å². The molecule has 1 unspecified atom stereocenters. The number of nitrogens with two attached hydrogens (primary N) is 1. The zero-order chi connectivity index (χ0) is 14.3. The molecule has 19 heavy (non-hydrogen) atoms. The summed E-state index contributed by atoms with van der Waals surface area (Å²) in [6, 6.07) is 5.26. The lowest BCUT2D eigenvalue weighted by Crippen LogP contribution is -2.29. The van der Waals surface area contributed by atoms with Crippen LogP contribution in [0.3, 0.4) is 0 Å². The quantitative estimate of drug-likeness (QED) is 0.782. The standard InChI is InChI=1S/C14H22N2O3/c1-10(7-8-15)9-16-14(17)13-11(18-2)5-4-6-12(13)19-3/h4-6,10H,7-9,15H2,1-3H3,(H,16,17). The Morgan fingerprint density at radius 1 is 1.32 bits per heavy atom. The highest BCUT2D eigenvalue weighted by Gasteiger charge is 2.18. The molecular formula is C14H22N2O3. The molecule has 0 aliphatic rings. The number of hydrogen-bond donors (Lipinski definition) is 2. The fourth-order valence-corrected chi connectivity index (χ4v) is 1.82. The molecule has 0 bridgehead atoms. The molecule has 1 atom stereocenters. The zero-order valence-corrected chi connectivity index (χ0v) is 11.7. The molecule has 1 aromatic carbocycles. The molecule has 106 valence electrons. The lowest BCUT2D eigenvalue weighted by molar-refractivity contribution is 0.0941. The number of ether oxygens (including phenoxy) is 2. The van der Waals surface area contributed by atoms with Crippen molar-refractivity contribution >= 4 is 5.91 Å². The lowest BCUT2D eigenvalue weighted by atomic mass is 10.1. The minimum Gasteiger partial charge on any atom is -0.496 e. The van der Waals surface area contributed by atoms with E-state index in [0.29, 0.717) is 36.1 Å². The highest BCUT2D eigenvalue weighted by Crippen LogP contribution is 2.27. The molecule has 1 aromatic rings. The average Bonchev–Trinajstić information content (AvgIpc) is 2.44. The highest BCUT2D eigenvalue weighted by molar-refractivity contribution is 5.99. The summed E-state index contributed by atoms with van der Waals surface area (Å²) in [5, 5.41) is 2.88. The van der Waals surface area contributed by atoms with Crippen LogP contribution in [-0.2, 0) is 0 Å². The van der Waals surface area contributed by atoms with Gasteiger partial charge in [-0.3, -0.25) is 4.79 Å². The molecule has 0 aliphatic carbocycles. The van der Waals surface area contributed by atoms with Crippen LogP contribution in [0.25, 0.3) is 0 Å². The van der Waals surface area contributed by atoms with Gasteiger partial charge in [-0.15, -0.1) is 0 Å². The molecule has 0 spiro atoms. The van der Waals surface area contributed by atoms with Crippen molar-refractivity contribution in [2.75, 3.05) is 27.3 Å². The summed E-state index contributed by atoms with van der Waals surface area (Å²) in [4.78, 5) is 12.2. The van der Waals surface area contributed by atoms with Crippen molar-refractivity contribution < 1.29 is 14.3 Å². The Morgan fingerprint density at radius 3 is 2.37 bits per heavy atom. The smallest absolute Gasteiger partial charge is 0.258 e. The molecule has 0 aliphatic heterocycles. The third-order valence-electron chi connectivity index (χ3n) is 2.93. The monoisotopic (exact) mass is 266 g/mol. The third-order valence-corrected chi connectivity index (χ3v) is 2.93. The van der Waals surface area contributed by atoms with Gasteiger partial charge < -0.3 is 20.5 Å². The van der Waals surface area contributed by atoms with Crippen molar-refractivity contribution in [1.82, 2.24) is 5.32 Å². The first-order chi connectivity index (χ1) is 9.13. The predicted octanol–water partition coefficient (Wildman–Crippen LogP) is 1.42. The van der Waals surface area contributed by atoms with E-state index in [9.17, 15) is 4.79 Å². The molecule has 0 fully saturated rings. The fraction of sp³-hybridized carbons (Fsp3) is 0.500. The van der Waals surface area contributed by atoms with Crippen LogP contribution in [-0.4, -0.2) is 33.2 Å². The summed E-state index contributed by atoms with van der Waals surface area (Å²) in [6.45, 7) is 3.25. The average molecular weight is 266 g/mol. The van der Waals surface area contributed by atoms with Gasteiger partial charge in [0.25, 0.3) is 5.91 Å². The maximum Gasteiger partial charge on any atom is 0.258 e. The van der Waals surface area contributed by atoms with Gasteiger partial charge in [-0.25, -0.2) is 0 Å². The van der Waals surface area contributed by atoms with Crippen LogP contribution >= 0.6 is 0 Å². The largest absolute Gasteiger partial charge is 0.496 e. The van der Waals surface area contributed by atoms with Crippen LogP contribution in [0.5, 0.6) is 11.5 Å². The van der Waals surface area contributed by atoms with Gasteiger partial charge in [-0.1, -0.05) is 13.0 Å². The summed E-state index contributed by atoms with van der Waals surface area (Å²) in [5.41, 5.74) is 5.91. The maximum atomic E-state index is 12.2. The Balaban J connectivity index is 2.81. The van der Waals surface area contributed by atoms with Crippen LogP contribution in [0.1, 0.15) is 23.7 Å². The van der Waals surface area contributed by atoms with E-state index in [1.807, 2.05) is 6.92 Å². The summed E-state index contributed by atoms with van der Waals surface area (Å²) in [5.74, 6) is 1.15. The van der Waals surface area contributed by atoms with Crippen LogP contribution < -0.4 is 20.5 Å². The second kappa shape index (κ2) is 7.63. The number of rotatable bonds is 7. The predicted molar refractivity (Wildman–Crippen MR) is 74.7 cm³/mol. The van der Waals surface area contributed by atoms with E-state index >= 15 is 0 Å². The Kier molecular flexibility index (Phi) is 6.15. The van der Waals surface area contributed by atoms with Crippen molar-refractivity contribution in [3.63, 3.8) is 0 Å². The minimum absolute atomic E-state index is 0.196. The number of carbonyl (C=O) groups is 1. The van der Waals surface area contributed by atoms with Gasteiger partial charge in [-0.05, 0) is 31.0 Å². The number of benzene rings is 1. The second-order valence-corrected chi connectivity index (χ2v) is 4.43. The Bertz CT molecular complexity index is 399. The van der Waals surface area contributed by atoms with E-state index in [1.54, 1.807) is 18.2 Å². The van der Waals surface area contributed by atoms with E-state index in [0.717, 1.165) is 6.42 Å². The highest BCUT2D eigenvalue weighted by atomic mass is 16.5. The second-order valence-electron chi connectivity index (χ2n) is 4.43. The lowest BCUT2D eigenvalue weighted by Gasteiger charge is -2.15. The Hall–Kier alpha value is -1.75. The topological polar surface area (TPSA) is 73.6 Å². The molecule has 0 aromatic heterocycles. The van der Waals surface area contributed by atoms with E-state index in [4.69, 9.17) is 15.2 Å². The van der Waals surface area contributed by atoms with Crippen molar-refractivity contribution in [2.24, 2.45) is 11.7 Å². The van der Waals surface area contributed by atoms with Gasteiger partial charge in [0, 0.05) is 6.54 Å². The number of methoxy groups -OCH3 is 2. The number of carbonyl (C=O) groups excluding carboxylic acids is 1. The van der Waals surface area contributed by atoms with Gasteiger partial charge in [0.2, 0.25) is 0 Å². The summed E-state index contributed by atoms with van der Waals surface area (Å²) >= 11 is 0. The fourth-order valence-electron chi connectivity index (χ4n) is 1.82. The molecule has 0 heterocycles. The van der Waals surface area contributed by atoms with E-state index in [1.165, 1.54) is 14.2 Å². The van der Waals surface area contributed by atoms with Crippen molar-refractivity contribution in [2.45, 2.75) is 13.3 Å². The van der Waals surface area contributed by atoms with Crippen molar-refractivity contribution in [1.29, 1.82) is 0 Å². The van der Waals surface area contributed by atoms with E-state index < -0.39 is 0 Å². The van der Waals surface area contributed by atoms with Gasteiger partial charge >= 0.3 is 0 Å². The van der Waals surface area contributed by atoms with Gasteiger partial charge in [0.1, 0.15) is 17.1 Å². The molecule has 0 saturated heterocycles. The van der Waals surface area contributed by atoms with Crippen LogP contribution in [0.15, 0.2) is 18.2 Å². The van der Waals surface area contributed by atoms with Crippen LogP contribution in [0.4, 0.5) is 0 Å². The summed E-state index contributed by atoms with van der Waals surface area (Å²) in [6.07, 6.45) is 0.878. The normalized spacial score (nSPS) is 11.8. The number of amides is 1. The van der Waals surface area contributed by atoms with Crippen LogP contribution in [0, 0.1) is 5.92 Å². The molecular weight excluding hydrogens is 244 g/mol. The van der Waals surface area contributed by atoms with Gasteiger partial charge in [0.05, 0.1) is 14.2 Å². The Morgan fingerprint density at radius 2 is 1.89 bits per heavy atom. The first-order valence-electron chi connectivity index (χ1n) is 6.33. The third kappa shape index (κ3) is 4.13. The SMILES string of the molecule is COc1cccc(OC)c1C(=O)NCC(C)CCN. The Labute approximate surface area is 114 Å². The molecule has 5 nitrogen and oxygen atoms in total.